The van der Waals surface area contributed by atoms with Crippen molar-refractivity contribution >= 4 is 15.9 Å². The molecule has 1 aromatic carbocycles. The molecule has 1 atom stereocenters. The number of rotatable bonds is 6. The summed E-state index contributed by atoms with van der Waals surface area (Å²) < 4.78 is 52.2. The van der Waals surface area contributed by atoms with E-state index in [1.807, 2.05) is 0 Å². The molecule has 1 aromatic rings. The van der Waals surface area contributed by atoms with Crippen LogP contribution in [0.2, 0.25) is 0 Å². The Morgan fingerprint density at radius 2 is 1.96 bits per heavy atom. The van der Waals surface area contributed by atoms with Crippen molar-refractivity contribution in [2.45, 2.75) is 31.7 Å². The fraction of sp³-hybridized carbons (Fsp3) is 0.533. The van der Waals surface area contributed by atoms with E-state index in [-0.39, 0.29) is 11.5 Å². The van der Waals surface area contributed by atoms with Crippen molar-refractivity contribution in [3.63, 3.8) is 0 Å². The first-order chi connectivity index (χ1) is 10.8. The smallest absolute Gasteiger partial charge is 0.237 e. The zero-order valence-corrected chi connectivity index (χ0v) is 13.6. The molecule has 2 rings (SSSR count). The molecule has 0 unspecified atom stereocenters. The molecule has 23 heavy (non-hydrogen) atoms. The van der Waals surface area contributed by atoms with Gasteiger partial charge in [-0.25, -0.2) is 21.9 Å². The summed E-state index contributed by atoms with van der Waals surface area (Å²) in [6.45, 7) is 0. The van der Waals surface area contributed by atoms with Crippen molar-refractivity contribution in [3.05, 3.63) is 35.4 Å². The molecule has 1 aliphatic rings. The highest BCUT2D eigenvalue weighted by atomic mass is 32.2. The van der Waals surface area contributed by atoms with Gasteiger partial charge in [-0.05, 0) is 31.9 Å². The summed E-state index contributed by atoms with van der Waals surface area (Å²) in [6, 6.07) is 2.56. The molecule has 2 N–H and O–H groups in total. The zero-order valence-electron chi connectivity index (χ0n) is 12.8. The predicted molar refractivity (Wildman–Crippen MR) is 82.0 cm³/mol. The van der Waals surface area contributed by atoms with E-state index < -0.39 is 39.4 Å². The summed E-state index contributed by atoms with van der Waals surface area (Å²) in [6.07, 6.45) is 3.55. The van der Waals surface area contributed by atoms with Crippen LogP contribution in [-0.4, -0.2) is 27.1 Å². The van der Waals surface area contributed by atoms with Gasteiger partial charge in [-0.1, -0.05) is 18.9 Å². The Kier molecular flexibility index (Phi) is 5.69. The third-order valence-electron chi connectivity index (χ3n) is 4.12. The predicted octanol–water partition coefficient (Wildman–Crippen LogP) is 1.86. The van der Waals surface area contributed by atoms with Crippen LogP contribution >= 0.6 is 0 Å². The lowest BCUT2D eigenvalue weighted by Gasteiger charge is -2.25. The van der Waals surface area contributed by atoms with Gasteiger partial charge < -0.3 is 5.32 Å². The zero-order chi connectivity index (χ0) is 17.0. The van der Waals surface area contributed by atoms with E-state index >= 15 is 0 Å². The van der Waals surface area contributed by atoms with Crippen LogP contribution in [0.3, 0.4) is 0 Å². The fourth-order valence-corrected chi connectivity index (χ4v) is 3.53. The molecule has 0 radical (unpaired) electrons. The monoisotopic (exact) mass is 346 g/mol. The Hall–Kier alpha value is -1.54. The van der Waals surface area contributed by atoms with Gasteiger partial charge in [0.25, 0.3) is 0 Å². The average Bonchev–Trinajstić information content (AvgIpc) is 2.99. The van der Waals surface area contributed by atoms with Crippen LogP contribution in [0, 0.1) is 17.6 Å². The van der Waals surface area contributed by atoms with Gasteiger partial charge in [0, 0.05) is 11.6 Å². The van der Waals surface area contributed by atoms with Crippen LogP contribution in [-0.2, 0) is 14.8 Å². The lowest BCUT2D eigenvalue weighted by atomic mass is 9.91. The Balaban J connectivity index is 2.22. The second-order valence-corrected chi connectivity index (χ2v) is 7.65. The van der Waals surface area contributed by atoms with Gasteiger partial charge in [0.1, 0.15) is 17.4 Å². The van der Waals surface area contributed by atoms with Gasteiger partial charge in [-0.3, -0.25) is 4.79 Å². The Morgan fingerprint density at radius 3 is 2.52 bits per heavy atom. The molecule has 5 nitrogen and oxygen atoms in total. The van der Waals surface area contributed by atoms with Crippen molar-refractivity contribution < 1.29 is 22.0 Å². The third-order valence-corrected chi connectivity index (χ3v) is 5.38. The maximum absolute atomic E-state index is 14.1. The number of halogens is 2. The summed E-state index contributed by atoms with van der Waals surface area (Å²) in [4.78, 5) is 12.0. The lowest BCUT2D eigenvalue weighted by molar-refractivity contribution is -0.119. The van der Waals surface area contributed by atoms with E-state index in [9.17, 15) is 22.0 Å². The Bertz CT molecular complexity index is 673. The van der Waals surface area contributed by atoms with Crippen LogP contribution in [0.1, 0.15) is 37.3 Å². The second-order valence-electron chi connectivity index (χ2n) is 5.72. The first-order valence-electron chi connectivity index (χ1n) is 7.48. The number of carbonyl (C=O) groups excluding carboxylic acids is 1. The standard InChI is InChI=1S/C15H20F2N2O3S/c1-18-23(21,22)9-14(20)19-15(10-4-2-3-5-10)12-7-6-11(16)8-13(12)17/h6-8,10,15,18H,2-5,9H2,1H3,(H,19,20)/t15-/m0/s1. The molecule has 1 saturated carbocycles. The summed E-state index contributed by atoms with van der Waals surface area (Å²) >= 11 is 0. The number of carbonyl (C=O) groups is 1. The summed E-state index contributed by atoms with van der Waals surface area (Å²) in [5.41, 5.74) is 0.188. The van der Waals surface area contributed by atoms with Gasteiger partial charge in [-0.15, -0.1) is 0 Å². The van der Waals surface area contributed by atoms with Gasteiger partial charge in [0.15, 0.2) is 0 Å². The Labute approximate surface area is 134 Å². The van der Waals surface area contributed by atoms with E-state index in [1.54, 1.807) is 0 Å². The van der Waals surface area contributed by atoms with Crippen LogP contribution < -0.4 is 10.0 Å². The van der Waals surface area contributed by atoms with E-state index in [0.717, 1.165) is 37.8 Å². The average molecular weight is 346 g/mol. The maximum atomic E-state index is 14.1. The normalized spacial score (nSPS) is 17.2. The molecule has 128 valence electrons. The van der Waals surface area contributed by atoms with Crippen molar-refractivity contribution in [3.8, 4) is 0 Å². The lowest BCUT2D eigenvalue weighted by Crippen LogP contribution is -2.39. The van der Waals surface area contributed by atoms with Gasteiger partial charge in [-0.2, -0.15) is 0 Å². The summed E-state index contributed by atoms with van der Waals surface area (Å²) in [5, 5.41) is 2.61. The minimum Gasteiger partial charge on any atom is -0.348 e. The van der Waals surface area contributed by atoms with Crippen molar-refractivity contribution in [1.29, 1.82) is 0 Å². The third kappa shape index (κ3) is 4.71. The molecule has 0 bridgehead atoms. The molecule has 0 spiro atoms. The highest BCUT2D eigenvalue weighted by molar-refractivity contribution is 7.90. The SMILES string of the molecule is CNS(=O)(=O)CC(=O)N[C@H](c1ccc(F)cc1F)C1CCCC1. The van der Waals surface area contributed by atoms with E-state index in [2.05, 4.69) is 10.0 Å². The fourth-order valence-electron chi connectivity index (χ4n) is 2.95. The number of nitrogens with one attached hydrogen (secondary N) is 2. The maximum Gasteiger partial charge on any atom is 0.237 e. The van der Waals surface area contributed by atoms with Gasteiger partial charge in [0.05, 0.1) is 6.04 Å². The first kappa shape index (κ1) is 17.8. The van der Waals surface area contributed by atoms with E-state index in [4.69, 9.17) is 0 Å². The van der Waals surface area contributed by atoms with Crippen LogP contribution in [0.15, 0.2) is 18.2 Å². The Morgan fingerprint density at radius 1 is 1.30 bits per heavy atom. The van der Waals surface area contributed by atoms with Gasteiger partial charge in [0.2, 0.25) is 15.9 Å². The molecular formula is C15H20F2N2O3S. The van der Waals surface area contributed by atoms with Gasteiger partial charge >= 0.3 is 0 Å². The topological polar surface area (TPSA) is 75.3 Å². The number of hydrogen-bond acceptors (Lipinski definition) is 3. The van der Waals surface area contributed by atoms with Crippen molar-refractivity contribution in [1.82, 2.24) is 10.0 Å². The molecule has 1 fully saturated rings. The number of amides is 1. The minimum atomic E-state index is -3.70. The van der Waals surface area contributed by atoms with Crippen LogP contribution in [0.4, 0.5) is 8.78 Å². The largest absolute Gasteiger partial charge is 0.348 e. The summed E-state index contributed by atoms with van der Waals surface area (Å²) in [7, 11) is -2.48. The molecule has 8 heteroatoms. The highest BCUT2D eigenvalue weighted by Gasteiger charge is 2.30. The number of sulfonamides is 1. The van der Waals surface area contributed by atoms with Crippen molar-refractivity contribution in [2.75, 3.05) is 12.8 Å². The molecular weight excluding hydrogens is 326 g/mol. The highest BCUT2D eigenvalue weighted by Crippen LogP contribution is 2.36. The molecule has 1 aliphatic carbocycles. The molecule has 1 amide bonds. The molecule has 0 heterocycles. The minimum absolute atomic E-state index is 0.0104. The first-order valence-corrected chi connectivity index (χ1v) is 9.13. The van der Waals surface area contributed by atoms with Crippen molar-refractivity contribution in [2.24, 2.45) is 5.92 Å². The van der Waals surface area contributed by atoms with E-state index in [1.165, 1.54) is 13.1 Å². The van der Waals surface area contributed by atoms with Crippen LogP contribution in [0.5, 0.6) is 0 Å². The van der Waals surface area contributed by atoms with E-state index in [0.29, 0.717) is 0 Å². The second kappa shape index (κ2) is 7.35. The number of benzene rings is 1. The molecule has 0 aliphatic heterocycles. The number of hydrogen-bond donors (Lipinski definition) is 2. The van der Waals surface area contributed by atoms with Crippen LogP contribution in [0.25, 0.3) is 0 Å². The molecule has 0 saturated heterocycles. The quantitative estimate of drug-likeness (QED) is 0.826. The molecule has 0 aromatic heterocycles. The summed E-state index contributed by atoms with van der Waals surface area (Å²) in [5.74, 6) is -2.86.